The van der Waals surface area contributed by atoms with Crippen LogP contribution in [-0.4, -0.2) is 16.7 Å². The van der Waals surface area contributed by atoms with E-state index in [0.29, 0.717) is 16.3 Å². The molecule has 5 heteroatoms. The number of anilines is 1. The van der Waals surface area contributed by atoms with E-state index in [4.69, 9.17) is 0 Å². The topological polar surface area (TPSA) is 59.1 Å². The second kappa shape index (κ2) is 5.93. The molecule has 0 saturated heterocycles. The van der Waals surface area contributed by atoms with Gasteiger partial charge in [0, 0.05) is 11.1 Å². The quantitative estimate of drug-likeness (QED) is 0.728. The summed E-state index contributed by atoms with van der Waals surface area (Å²) < 4.78 is 1.05. The van der Waals surface area contributed by atoms with Crippen LogP contribution in [0.3, 0.4) is 0 Å². The number of hydrogen-bond acceptors (Lipinski definition) is 4. The van der Waals surface area contributed by atoms with Crippen molar-refractivity contribution in [3.8, 4) is 0 Å². The third-order valence-corrected chi connectivity index (χ3v) is 4.71. The van der Waals surface area contributed by atoms with Crippen LogP contribution in [0.2, 0.25) is 0 Å². The molecule has 1 aromatic heterocycles. The molecule has 1 N–H and O–H groups in total. The summed E-state index contributed by atoms with van der Waals surface area (Å²) in [6, 6.07) is 10.7. The number of nitrogens with one attached hydrogen (secondary N) is 1. The molecule has 0 radical (unpaired) electrons. The van der Waals surface area contributed by atoms with Crippen LogP contribution in [0.15, 0.2) is 36.4 Å². The summed E-state index contributed by atoms with van der Waals surface area (Å²) >= 11 is 1.45. The molecule has 0 aliphatic heterocycles. The molecule has 2 aromatic carbocycles. The maximum atomic E-state index is 12.3. The minimum atomic E-state index is -0.229. The van der Waals surface area contributed by atoms with Crippen molar-refractivity contribution in [2.24, 2.45) is 0 Å². The van der Waals surface area contributed by atoms with Crippen LogP contribution in [-0.2, 0) is 0 Å². The predicted octanol–water partition coefficient (Wildman–Crippen LogP) is 4.37. The Hall–Kier alpha value is -2.53. The largest absolute Gasteiger partial charge is 0.298 e. The number of benzene rings is 2. The van der Waals surface area contributed by atoms with E-state index in [1.807, 2.05) is 13.0 Å². The van der Waals surface area contributed by atoms with Crippen LogP contribution >= 0.6 is 11.3 Å². The zero-order valence-corrected chi connectivity index (χ0v) is 14.0. The van der Waals surface area contributed by atoms with Gasteiger partial charge in [0.05, 0.1) is 10.2 Å². The average Bonchev–Trinajstić information content (AvgIpc) is 2.89. The number of ketones is 1. The Morgan fingerprint density at radius 1 is 1.00 bits per heavy atom. The summed E-state index contributed by atoms with van der Waals surface area (Å²) in [6.07, 6.45) is 0. The Bertz CT molecular complexity index is 872. The molecular formula is C18H16N2O2S. The molecule has 116 valence electrons. The Labute approximate surface area is 138 Å². The first-order valence-electron chi connectivity index (χ1n) is 7.24. The highest BCUT2D eigenvalue weighted by molar-refractivity contribution is 7.22. The van der Waals surface area contributed by atoms with Crippen molar-refractivity contribution in [1.82, 2.24) is 4.98 Å². The maximum Gasteiger partial charge on any atom is 0.257 e. The third kappa shape index (κ3) is 3.14. The van der Waals surface area contributed by atoms with Crippen molar-refractivity contribution in [3.63, 3.8) is 0 Å². The molecule has 3 rings (SSSR count). The minimum Gasteiger partial charge on any atom is -0.298 e. The van der Waals surface area contributed by atoms with E-state index in [0.717, 1.165) is 10.2 Å². The molecule has 0 spiro atoms. The molecule has 0 aliphatic carbocycles. The summed E-state index contributed by atoms with van der Waals surface area (Å²) in [4.78, 5) is 28.0. The molecule has 3 aromatic rings. The number of thiazole rings is 1. The van der Waals surface area contributed by atoms with Crippen LogP contribution in [0.1, 0.15) is 38.8 Å². The van der Waals surface area contributed by atoms with Crippen LogP contribution in [0, 0.1) is 13.8 Å². The summed E-state index contributed by atoms with van der Waals surface area (Å²) in [7, 11) is 0. The van der Waals surface area contributed by atoms with Crippen molar-refractivity contribution in [2.45, 2.75) is 20.8 Å². The van der Waals surface area contributed by atoms with E-state index < -0.39 is 0 Å². The number of aromatic nitrogens is 1. The lowest BCUT2D eigenvalue weighted by Crippen LogP contribution is -2.11. The molecule has 1 heterocycles. The Morgan fingerprint density at radius 2 is 1.61 bits per heavy atom. The van der Waals surface area contributed by atoms with Crippen LogP contribution in [0.5, 0.6) is 0 Å². The highest BCUT2D eigenvalue weighted by atomic mass is 32.1. The number of amides is 1. The van der Waals surface area contributed by atoms with Gasteiger partial charge in [0.25, 0.3) is 5.91 Å². The Balaban J connectivity index is 1.83. The number of Topliss-reactive ketones (excluding diaryl/α,β-unsaturated/α-hetero) is 1. The smallest absolute Gasteiger partial charge is 0.257 e. The molecule has 0 atom stereocenters. The molecule has 0 bridgehead atoms. The van der Waals surface area contributed by atoms with E-state index in [1.54, 1.807) is 24.3 Å². The summed E-state index contributed by atoms with van der Waals surface area (Å²) in [6.45, 7) is 5.60. The highest BCUT2D eigenvalue weighted by Gasteiger charge is 2.11. The van der Waals surface area contributed by atoms with E-state index >= 15 is 0 Å². The fourth-order valence-corrected chi connectivity index (χ4v) is 3.20. The van der Waals surface area contributed by atoms with Crippen molar-refractivity contribution in [3.05, 3.63) is 58.7 Å². The van der Waals surface area contributed by atoms with Gasteiger partial charge in [0.15, 0.2) is 10.9 Å². The Morgan fingerprint density at radius 3 is 2.26 bits per heavy atom. The second-order valence-electron chi connectivity index (χ2n) is 5.51. The van der Waals surface area contributed by atoms with Gasteiger partial charge in [-0.15, -0.1) is 0 Å². The molecule has 0 unspecified atom stereocenters. The molecule has 0 saturated carbocycles. The SMILES string of the molecule is CC(=O)c1ccc(C(=O)Nc2nc3cc(C)c(C)cc3s2)cc1. The zero-order chi connectivity index (χ0) is 16.6. The van der Waals surface area contributed by atoms with E-state index in [1.165, 1.54) is 29.4 Å². The van der Waals surface area contributed by atoms with Crippen LogP contribution in [0.25, 0.3) is 10.2 Å². The summed E-state index contributed by atoms with van der Waals surface area (Å²) in [5.74, 6) is -0.249. The molecule has 0 aliphatic rings. The number of fused-ring (bicyclic) bond motifs is 1. The number of hydrogen-bond donors (Lipinski definition) is 1. The highest BCUT2D eigenvalue weighted by Crippen LogP contribution is 2.28. The van der Waals surface area contributed by atoms with Gasteiger partial charge >= 0.3 is 0 Å². The fraction of sp³-hybridized carbons (Fsp3) is 0.167. The molecular weight excluding hydrogens is 308 g/mol. The minimum absolute atomic E-state index is 0.0196. The molecule has 1 amide bonds. The predicted molar refractivity (Wildman–Crippen MR) is 93.5 cm³/mol. The van der Waals surface area contributed by atoms with Crippen LogP contribution in [0.4, 0.5) is 5.13 Å². The normalized spacial score (nSPS) is 10.7. The molecule has 23 heavy (non-hydrogen) atoms. The summed E-state index contributed by atoms with van der Waals surface area (Å²) in [5, 5.41) is 3.39. The fourth-order valence-electron chi connectivity index (χ4n) is 2.26. The van der Waals surface area contributed by atoms with Crippen molar-refractivity contribution in [2.75, 3.05) is 5.32 Å². The lowest BCUT2D eigenvalue weighted by Gasteiger charge is -2.02. The number of carbonyl (C=O) groups excluding carboxylic acids is 2. The third-order valence-electron chi connectivity index (χ3n) is 3.78. The lowest BCUT2D eigenvalue weighted by molar-refractivity contribution is 0.101. The van der Waals surface area contributed by atoms with Gasteiger partial charge in [0.1, 0.15) is 0 Å². The second-order valence-corrected chi connectivity index (χ2v) is 6.54. The first-order chi connectivity index (χ1) is 10.9. The van der Waals surface area contributed by atoms with Crippen molar-refractivity contribution < 1.29 is 9.59 Å². The first-order valence-corrected chi connectivity index (χ1v) is 8.06. The summed E-state index contributed by atoms with van der Waals surface area (Å²) in [5.41, 5.74) is 4.37. The van der Waals surface area contributed by atoms with Crippen molar-refractivity contribution in [1.29, 1.82) is 0 Å². The first kappa shape index (κ1) is 15.4. The number of aryl methyl sites for hydroxylation is 2. The van der Waals surface area contributed by atoms with E-state index in [2.05, 4.69) is 23.3 Å². The standard InChI is InChI=1S/C18H16N2O2S/c1-10-8-15-16(9-11(10)2)23-18(19-15)20-17(22)14-6-4-13(5-7-14)12(3)21/h4-9H,1-3H3,(H,19,20,22). The van der Waals surface area contributed by atoms with Gasteiger partial charge < -0.3 is 0 Å². The van der Waals surface area contributed by atoms with Gasteiger partial charge in [0.2, 0.25) is 0 Å². The lowest BCUT2D eigenvalue weighted by atomic mass is 10.1. The Kier molecular flexibility index (Phi) is 3.96. The maximum absolute atomic E-state index is 12.3. The van der Waals surface area contributed by atoms with Gasteiger partial charge in [-0.2, -0.15) is 0 Å². The van der Waals surface area contributed by atoms with Gasteiger partial charge in [-0.25, -0.2) is 4.98 Å². The average molecular weight is 324 g/mol. The zero-order valence-electron chi connectivity index (χ0n) is 13.1. The number of nitrogens with zero attached hydrogens (tertiary/aromatic N) is 1. The molecule has 4 nitrogen and oxygen atoms in total. The van der Waals surface area contributed by atoms with Gasteiger partial charge in [-0.3, -0.25) is 14.9 Å². The van der Waals surface area contributed by atoms with E-state index in [-0.39, 0.29) is 11.7 Å². The van der Waals surface area contributed by atoms with Gasteiger partial charge in [-0.1, -0.05) is 23.5 Å². The van der Waals surface area contributed by atoms with Gasteiger partial charge in [-0.05, 0) is 56.2 Å². The van der Waals surface area contributed by atoms with Crippen LogP contribution < -0.4 is 5.32 Å². The number of carbonyl (C=O) groups is 2. The molecule has 0 fully saturated rings. The van der Waals surface area contributed by atoms with Crippen molar-refractivity contribution >= 4 is 38.4 Å². The number of rotatable bonds is 3. The monoisotopic (exact) mass is 324 g/mol. The van der Waals surface area contributed by atoms with E-state index in [9.17, 15) is 9.59 Å².